The van der Waals surface area contributed by atoms with E-state index in [0.717, 1.165) is 0 Å². The van der Waals surface area contributed by atoms with E-state index < -0.39 is 11.5 Å². The first-order valence-corrected chi connectivity index (χ1v) is 5.85. The van der Waals surface area contributed by atoms with Gasteiger partial charge in [0.05, 0.1) is 12.5 Å². The van der Waals surface area contributed by atoms with E-state index in [1.54, 1.807) is 38.1 Å². The fraction of sp³-hybridized carbons (Fsp3) is 0.385. The molecule has 0 saturated carbocycles. The summed E-state index contributed by atoms with van der Waals surface area (Å²) >= 11 is 0. The Morgan fingerprint density at radius 1 is 1.16 bits per heavy atom. The molecule has 0 aromatic heterocycles. The fourth-order valence-electron chi connectivity index (χ4n) is 1.20. The van der Waals surface area contributed by atoms with E-state index in [2.05, 4.69) is 15.4 Å². The molecule has 0 aliphatic carbocycles. The number of nitrogens with two attached hydrogens (primary N) is 1. The van der Waals surface area contributed by atoms with Crippen LogP contribution >= 0.6 is 0 Å². The molecule has 0 fully saturated rings. The molecular formula is C13H19N3O3. The number of amides is 2. The molecule has 0 aliphatic rings. The average molecular weight is 265 g/mol. The number of methoxy groups -OCH3 is 1. The highest BCUT2D eigenvalue weighted by Gasteiger charge is 2.25. The van der Waals surface area contributed by atoms with Crippen LogP contribution in [0.25, 0.3) is 0 Å². The summed E-state index contributed by atoms with van der Waals surface area (Å²) in [4.78, 5) is 22.9. The van der Waals surface area contributed by atoms with Gasteiger partial charge < -0.3 is 15.8 Å². The van der Waals surface area contributed by atoms with Gasteiger partial charge in [0.2, 0.25) is 5.91 Å². The minimum atomic E-state index is -0.622. The van der Waals surface area contributed by atoms with E-state index in [4.69, 9.17) is 5.73 Å². The van der Waals surface area contributed by atoms with Crippen LogP contribution in [0.5, 0.6) is 0 Å². The topological polar surface area (TPSA) is 93.5 Å². The van der Waals surface area contributed by atoms with Crippen molar-refractivity contribution >= 4 is 23.4 Å². The highest BCUT2D eigenvalue weighted by Crippen LogP contribution is 2.18. The molecule has 0 heterocycles. The molecule has 0 aliphatic heterocycles. The monoisotopic (exact) mass is 265 g/mol. The van der Waals surface area contributed by atoms with Gasteiger partial charge in [-0.1, -0.05) is 0 Å². The Labute approximate surface area is 112 Å². The Kier molecular flexibility index (Phi) is 4.88. The summed E-state index contributed by atoms with van der Waals surface area (Å²) in [6.45, 7) is 3.81. The predicted octanol–water partition coefficient (Wildman–Crippen LogP) is 1.79. The van der Waals surface area contributed by atoms with Crippen LogP contribution in [0.4, 0.5) is 16.2 Å². The van der Waals surface area contributed by atoms with Crippen molar-refractivity contribution in [3.05, 3.63) is 24.3 Å². The highest BCUT2D eigenvalue weighted by atomic mass is 16.5. The Morgan fingerprint density at radius 3 is 2.05 bits per heavy atom. The molecule has 104 valence electrons. The molecule has 1 aromatic carbocycles. The van der Waals surface area contributed by atoms with Crippen LogP contribution in [0.1, 0.15) is 13.8 Å². The van der Waals surface area contributed by atoms with E-state index in [9.17, 15) is 9.59 Å². The Morgan fingerprint density at radius 2 is 1.63 bits per heavy atom. The summed E-state index contributed by atoms with van der Waals surface area (Å²) in [7, 11) is 1.29. The Balaban J connectivity index is 2.67. The van der Waals surface area contributed by atoms with Crippen molar-refractivity contribution in [2.75, 3.05) is 24.3 Å². The number of nitrogens with one attached hydrogen (secondary N) is 2. The third kappa shape index (κ3) is 4.26. The van der Waals surface area contributed by atoms with Crippen molar-refractivity contribution in [1.29, 1.82) is 0 Å². The normalized spacial score (nSPS) is 10.7. The van der Waals surface area contributed by atoms with E-state index in [1.165, 1.54) is 7.11 Å². The molecule has 0 unspecified atom stereocenters. The quantitative estimate of drug-likeness (QED) is 0.773. The third-order valence-electron chi connectivity index (χ3n) is 2.70. The maximum atomic E-state index is 11.9. The van der Waals surface area contributed by atoms with Crippen LogP contribution in [0.15, 0.2) is 24.3 Å². The number of rotatable bonds is 4. The van der Waals surface area contributed by atoms with Crippen molar-refractivity contribution in [1.82, 2.24) is 0 Å². The molecule has 0 radical (unpaired) electrons. The smallest absolute Gasteiger partial charge is 0.411 e. The summed E-state index contributed by atoms with van der Waals surface area (Å²) in [5.74, 6) is -0.149. The van der Waals surface area contributed by atoms with Crippen molar-refractivity contribution in [3.63, 3.8) is 0 Å². The molecular weight excluding hydrogens is 246 g/mol. The third-order valence-corrected chi connectivity index (χ3v) is 2.70. The average Bonchev–Trinajstić information content (AvgIpc) is 2.40. The lowest BCUT2D eigenvalue weighted by molar-refractivity contribution is -0.123. The molecule has 0 saturated heterocycles. The number of carbonyl (C=O) groups excluding carboxylic acids is 2. The van der Waals surface area contributed by atoms with Gasteiger partial charge >= 0.3 is 6.09 Å². The van der Waals surface area contributed by atoms with E-state index >= 15 is 0 Å². The molecule has 6 nitrogen and oxygen atoms in total. The van der Waals surface area contributed by atoms with E-state index in [1.807, 2.05) is 0 Å². The van der Waals surface area contributed by atoms with Gasteiger partial charge in [0, 0.05) is 17.9 Å². The minimum absolute atomic E-state index is 0.149. The maximum Gasteiger partial charge on any atom is 0.411 e. The Hall–Kier alpha value is -2.08. The predicted molar refractivity (Wildman–Crippen MR) is 73.9 cm³/mol. The lowest BCUT2D eigenvalue weighted by Gasteiger charge is -2.21. The number of benzene rings is 1. The van der Waals surface area contributed by atoms with Gasteiger partial charge in [0.1, 0.15) is 0 Å². The van der Waals surface area contributed by atoms with Crippen LogP contribution in [0.3, 0.4) is 0 Å². The zero-order valence-corrected chi connectivity index (χ0v) is 11.3. The van der Waals surface area contributed by atoms with Crippen molar-refractivity contribution < 1.29 is 14.3 Å². The molecule has 4 N–H and O–H groups in total. The zero-order valence-electron chi connectivity index (χ0n) is 11.3. The summed E-state index contributed by atoms with van der Waals surface area (Å²) in [5, 5.41) is 5.28. The lowest BCUT2D eigenvalue weighted by Crippen LogP contribution is -2.37. The summed E-state index contributed by atoms with van der Waals surface area (Å²) in [6, 6.07) is 6.72. The van der Waals surface area contributed by atoms with E-state index in [0.29, 0.717) is 11.4 Å². The minimum Gasteiger partial charge on any atom is -0.453 e. The van der Waals surface area contributed by atoms with Gasteiger partial charge in [-0.05, 0) is 38.1 Å². The maximum absolute atomic E-state index is 11.9. The summed E-state index contributed by atoms with van der Waals surface area (Å²) < 4.78 is 4.47. The van der Waals surface area contributed by atoms with Gasteiger partial charge in [-0.3, -0.25) is 10.1 Å². The van der Waals surface area contributed by atoms with E-state index in [-0.39, 0.29) is 12.5 Å². The first-order chi connectivity index (χ1) is 8.89. The molecule has 0 bridgehead atoms. The first kappa shape index (κ1) is 15.0. The number of carbonyl (C=O) groups is 2. The van der Waals surface area contributed by atoms with Gasteiger partial charge in [0.15, 0.2) is 0 Å². The second-order valence-electron chi connectivity index (χ2n) is 4.74. The number of hydrogen-bond donors (Lipinski definition) is 3. The molecule has 0 atom stereocenters. The van der Waals surface area contributed by atoms with Crippen molar-refractivity contribution in [2.45, 2.75) is 13.8 Å². The van der Waals surface area contributed by atoms with Crippen molar-refractivity contribution in [2.24, 2.45) is 11.1 Å². The lowest BCUT2D eigenvalue weighted by atomic mass is 9.92. The number of ether oxygens (including phenoxy) is 1. The second-order valence-corrected chi connectivity index (χ2v) is 4.74. The second kappa shape index (κ2) is 6.19. The van der Waals surface area contributed by atoms with Crippen LogP contribution in [-0.4, -0.2) is 25.7 Å². The Bertz CT molecular complexity index is 455. The van der Waals surface area contributed by atoms with Gasteiger partial charge in [-0.15, -0.1) is 0 Å². The molecule has 0 spiro atoms. The number of anilines is 2. The highest BCUT2D eigenvalue weighted by molar-refractivity contribution is 5.95. The molecule has 2 amide bonds. The molecule has 6 heteroatoms. The molecule has 19 heavy (non-hydrogen) atoms. The summed E-state index contributed by atoms with van der Waals surface area (Å²) in [6.07, 6.45) is -0.541. The molecule has 1 rings (SSSR count). The number of hydrogen-bond acceptors (Lipinski definition) is 4. The van der Waals surface area contributed by atoms with Crippen LogP contribution in [0, 0.1) is 5.41 Å². The van der Waals surface area contributed by atoms with Crippen molar-refractivity contribution in [3.8, 4) is 0 Å². The van der Waals surface area contributed by atoms with Gasteiger partial charge in [0.25, 0.3) is 0 Å². The van der Waals surface area contributed by atoms with Gasteiger partial charge in [-0.25, -0.2) is 4.79 Å². The SMILES string of the molecule is COC(=O)Nc1ccc(NC(=O)C(C)(C)CN)cc1. The zero-order chi connectivity index (χ0) is 14.5. The standard InChI is InChI=1S/C13H19N3O3/c1-13(2,8-14)11(17)15-9-4-6-10(7-5-9)16-12(18)19-3/h4-7H,8,14H2,1-3H3,(H,15,17)(H,16,18). The van der Waals surface area contributed by atoms with Crippen LogP contribution < -0.4 is 16.4 Å². The van der Waals surface area contributed by atoms with Gasteiger partial charge in [-0.2, -0.15) is 0 Å². The van der Waals surface area contributed by atoms with Crippen LogP contribution in [-0.2, 0) is 9.53 Å². The fourth-order valence-corrected chi connectivity index (χ4v) is 1.20. The first-order valence-electron chi connectivity index (χ1n) is 5.85. The molecule has 1 aromatic rings. The largest absolute Gasteiger partial charge is 0.453 e. The van der Waals surface area contributed by atoms with Crippen LogP contribution in [0.2, 0.25) is 0 Å². The summed E-state index contributed by atoms with van der Waals surface area (Å²) in [5.41, 5.74) is 6.14.